The molecule has 0 spiro atoms. The lowest BCUT2D eigenvalue weighted by atomic mass is 9.72. The van der Waals surface area contributed by atoms with Crippen molar-refractivity contribution in [1.29, 1.82) is 0 Å². The Morgan fingerprint density at radius 1 is 1.03 bits per heavy atom. The van der Waals surface area contributed by atoms with Crippen LogP contribution in [-0.4, -0.2) is 65.6 Å². The van der Waals surface area contributed by atoms with E-state index >= 15 is 0 Å². The summed E-state index contributed by atoms with van der Waals surface area (Å²) in [7, 11) is 0. The standard InChI is InChI=1S/C23H33F3N2O2.2ClH/c24-23(25,26)30-20-9-6-7-18(15-20)21(22(29)10-3-1-4-11-22)17-27-13-14-28-12-5-2-8-19(28)16-27;;/h6-7,9,15,19,21,29H,1-5,8,10-14,16-17H2;2*1H/t19?,21-;;/m1../s1. The van der Waals surface area contributed by atoms with Gasteiger partial charge in [0.05, 0.1) is 5.60 Å². The van der Waals surface area contributed by atoms with Crippen LogP contribution in [0.5, 0.6) is 5.75 Å². The fourth-order valence-corrected chi connectivity index (χ4v) is 5.67. The summed E-state index contributed by atoms with van der Waals surface area (Å²) in [5, 5.41) is 11.6. The van der Waals surface area contributed by atoms with Crippen molar-refractivity contribution >= 4 is 24.8 Å². The minimum absolute atomic E-state index is 0. The quantitative estimate of drug-likeness (QED) is 0.591. The van der Waals surface area contributed by atoms with Crippen LogP contribution >= 0.6 is 24.8 Å². The van der Waals surface area contributed by atoms with Crippen molar-refractivity contribution < 1.29 is 23.0 Å². The Bertz CT molecular complexity index is 717. The Morgan fingerprint density at radius 2 is 1.78 bits per heavy atom. The van der Waals surface area contributed by atoms with Gasteiger partial charge in [-0.3, -0.25) is 9.80 Å². The van der Waals surface area contributed by atoms with Crippen LogP contribution < -0.4 is 4.74 Å². The molecule has 4 nitrogen and oxygen atoms in total. The third-order valence-corrected chi connectivity index (χ3v) is 7.22. The molecule has 3 aliphatic rings. The zero-order valence-corrected chi connectivity index (χ0v) is 20.0. The summed E-state index contributed by atoms with van der Waals surface area (Å²) in [6.45, 7) is 4.80. The van der Waals surface area contributed by atoms with Crippen LogP contribution in [-0.2, 0) is 0 Å². The number of piperazine rings is 1. The predicted octanol–water partition coefficient (Wildman–Crippen LogP) is 5.38. The number of benzene rings is 1. The normalized spacial score (nSPS) is 25.1. The molecule has 2 heterocycles. The van der Waals surface area contributed by atoms with E-state index in [0.29, 0.717) is 25.4 Å². The molecule has 0 aromatic heterocycles. The van der Waals surface area contributed by atoms with E-state index in [0.717, 1.165) is 44.5 Å². The minimum atomic E-state index is -4.72. The summed E-state index contributed by atoms with van der Waals surface area (Å²) in [6.07, 6.45) is 3.45. The van der Waals surface area contributed by atoms with Crippen molar-refractivity contribution in [1.82, 2.24) is 9.80 Å². The third kappa shape index (κ3) is 6.89. The molecule has 184 valence electrons. The van der Waals surface area contributed by atoms with Gasteiger partial charge in [0, 0.05) is 38.1 Å². The first-order chi connectivity index (χ1) is 14.3. The number of ether oxygens (including phenoxy) is 1. The molecule has 1 N–H and O–H groups in total. The summed E-state index contributed by atoms with van der Waals surface area (Å²) >= 11 is 0. The molecule has 2 aliphatic heterocycles. The topological polar surface area (TPSA) is 35.9 Å². The molecular weight excluding hydrogens is 464 g/mol. The van der Waals surface area contributed by atoms with Crippen LogP contribution in [0.3, 0.4) is 0 Å². The second-order valence-electron chi connectivity index (χ2n) is 9.28. The van der Waals surface area contributed by atoms with Crippen LogP contribution in [0.15, 0.2) is 24.3 Å². The molecule has 2 saturated heterocycles. The van der Waals surface area contributed by atoms with E-state index < -0.39 is 12.0 Å². The summed E-state index contributed by atoms with van der Waals surface area (Å²) < 4.78 is 42.4. The lowest BCUT2D eigenvalue weighted by Crippen LogP contribution is -2.56. The molecule has 3 fully saturated rings. The van der Waals surface area contributed by atoms with Gasteiger partial charge in [-0.05, 0) is 49.9 Å². The predicted molar refractivity (Wildman–Crippen MR) is 124 cm³/mol. The van der Waals surface area contributed by atoms with Crippen molar-refractivity contribution in [3.8, 4) is 5.75 Å². The number of nitrogens with zero attached hydrogens (tertiary/aromatic N) is 2. The van der Waals surface area contributed by atoms with Gasteiger partial charge >= 0.3 is 6.36 Å². The Balaban J connectivity index is 0.00000181. The Morgan fingerprint density at radius 3 is 2.50 bits per heavy atom. The molecule has 32 heavy (non-hydrogen) atoms. The van der Waals surface area contributed by atoms with Crippen molar-refractivity contribution in [2.24, 2.45) is 0 Å². The molecular formula is C23H35Cl2F3N2O2. The molecule has 2 atom stereocenters. The molecule has 1 saturated carbocycles. The van der Waals surface area contributed by atoms with Gasteiger partial charge in [-0.2, -0.15) is 0 Å². The summed E-state index contributed by atoms with van der Waals surface area (Å²) in [6, 6.07) is 6.82. The van der Waals surface area contributed by atoms with E-state index in [-0.39, 0.29) is 36.5 Å². The molecule has 1 unspecified atom stereocenters. The van der Waals surface area contributed by atoms with Crippen molar-refractivity contribution in [3.63, 3.8) is 0 Å². The molecule has 0 bridgehead atoms. The lowest BCUT2D eigenvalue weighted by molar-refractivity contribution is -0.274. The first-order valence-electron chi connectivity index (χ1n) is 11.4. The maximum atomic E-state index is 12.8. The average molecular weight is 499 g/mol. The smallest absolute Gasteiger partial charge is 0.406 e. The van der Waals surface area contributed by atoms with Crippen LogP contribution in [0.4, 0.5) is 13.2 Å². The maximum Gasteiger partial charge on any atom is 0.573 e. The highest BCUT2D eigenvalue weighted by molar-refractivity contribution is 5.85. The number of piperidine rings is 1. The van der Waals surface area contributed by atoms with Crippen LogP contribution in [0.25, 0.3) is 0 Å². The number of hydrogen-bond donors (Lipinski definition) is 1. The number of alkyl halides is 3. The maximum absolute atomic E-state index is 12.8. The fourth-order valence-electron chi connectivity index (χ4n) is 5.67. The van der Waals surface area contributed by atoms with E-state index in [1.807, 2.05) is 6.07 Å². The Labute approximate surface area is 201 Å². The van der Waals surface area contributed by atoms with E-state index in [1.54, 1.807) is 6.07 Å². The highest BCUT2D eigenvalue weighted by atomic mass is 35.5. The average Bonchev–Trinajstić information content (AvgIpc) is 2.71. The van der Waals surface area contributed by atoms with Gasteiger partial charge in [0.1, 0.15) is 5.75 Å². The molecule has 1 aromatic carbocycles. The third-order valence-electron chi connectivity index (χ3n) is 7.22. The van der Waals surface area contributed by atoms with E-state index in [2.05, 4.69) is 14.5 Å². The van der Waals surface area contributed by atoms with Gasteiger partial charge in [0.25, 0.3) is 0 Å². The van der Waals surface area contributed by atoms with E-state index in [9.17, 15) is 18.3 Å². The number of rotatable bonds is 5. The van der Waals surface area contributed by atoms with Crippen molar-refractivity contribution in [3.05, 3.63) is 29.8 Å². The molecule has 0 amide bonds. The van der Waals surface area contributed by atoms with Crippen LogP contribution in [0, 0.1) is 0 Å². The molecule has 1 aliphatic carbocycles. The van der Waals surface area contributed by atoms with Gasteiger partial charge in [-0.25, -0.2) is 0 Å². The summed E-state index contributed by atoms with van der Waals surface area (Å²) in [5.74, 6) is -0.425. The SMILES string of the molecule is Cl.Cl.OC1([C@H](CN2CCN3CCCCC3C2)c2cccc(OC(F)(F)F)c2)CCCCC1. The summed E-state index contributed by atoms with van der Waals surface area (Å²) in [4.78, 5) is 4.99. The van der Waals surface area contributed by atoms with Crippen LogP contribution in [0.2, 0.25) is 0 Å². The van der Waals surface area contributed by atoms with Gasteiger partial charge in [-0.15, -0.1) is 38.0 Å². The Kier molecular flexibility index (Phi) is 9.98. The van der Waals surface area contributed by atoms with Gasteiger partial charge in [0.15, 0.2) is 0 Å². The van der Waals surface area contributed by atoms with Crippen molar-refractivity contribution in [2.75, 3.05) is 32.7 Å². The number of aliphatic hydroxyl groups is 1. The molecule has 0 radical (unpaired) electrons. The van der Waals surface area contributed by atoms with Gasteiger partial charge < -0.3 is 9.84 Å². The highest BCUT2D eigenvalue weighted by Crippen LogP contribution is 2.42. The van der Waals surface area contributed by atoms with E-state index in [4.69, 9.17) is 0 Å². The zero-order chi connectivity index (χ0) is 21.2. The van der Waals surface area contributed by atoms with Gasteiger partial charge in [0.2, 0.25) is 0 Å². The highest BCUT2D eigenvalue weighted by Gasteiger charge is 2.41. The molecule has 9 heteroatoms. The fraction of sp³-hybridized carbons (Fsp3) is 0.739. The molecule has 4 rings (SSSR count). The lowest BCUT2D eigenvalue weighted by Gasteiger charge is -2.47. The summed E-state index contributed by atoms with van der Waals surface area (Å²) in [5.41, 5.74) is -0.133. The first kappa shape index (κ1) is 27.5. The molecule has 1 aromatic rings. The van der Waals surface area contributed by atoms with Crippen molar-refractivity contribution in [2.45, 2.75) is 75.3 Å². The second kappa shape index (κ2) is 11.6. The minimum Gasteiger partial charge on any atom is -0.406 e. The second-order valence-corrected chi connectivity index (χ2v) is 9.28. The number of fused-ring (bicyclic) bond motifs is 1. The first-order valence-corrected chi connectivity index (χ1v) is 11.4. The largest absolute Gasteiger partial charge is 0.573 e. The zero-order valence-electron chi connectivity index (χ0n) is 18.4. The number of hydrogen-bond acceptors (Lipinski definition) is 4. The van der Waals surface area contributed by atoms with E-state index in [1.165, 1.54) is 37.9 Å². The monoisotopic (exact) mass is 498 g/mol. The Hall–Kier alpha value is -0.730. The van der Waals surface area contributed by atoms with Crippen LogP contribution in [0.1, 0.15) is 62.8 Å². The van der Waals surface area contributed by atoms with Gasteiger partial charge in [-0.1, -0.05) is 37.8 Å². The number of halogens is 5.